The van der Waals surface area contributed by atoms with Crippen molar-refractivity contribution in [3.05, 3.63) is 0 Å². The Kier molecular flexibility index (Phi) is 4.07. The van der Waals surface area contributed by atoms with Crippen molar-refractivity contribution in [2.45, 2.75) is 31.4 Å². The molecule has 2 rings (SSSR count). The zero-order chi connectivity index (χ0) is 14.0. The molecule has 4 N–H and O–H groups in total. The van der Waals surface area contributed by atoms with Gasteiger partial charge in [-0.25, -0.2) is 4.79 Å². The first-order valence-corrected chi connectivity index (χ1v) is 6.50. The highest BCUT2D eigenvalue weighted by molar-refractivity contribution is 5.88. The lowest BCUT2D eigenvalue weighted by Gasteiger charge is -2.38. The number of carbonyl (C=O) groups excluding carboxylic acids is 1. The largest absolute Gasteiger partial charge is 0.480 e. The van der Waals surface area contributed by atoms with Gasteiger partial charge in [-0.3, -0.25) is 4.79 Å². The van der Waals surface area contributed by atoms with Crippen molar-refractivity contribution in [2.75, 3.05) is 26.3 Å². The summed E-state index contributed by atoms with van der Waals surface area (Å²) in [7, 11) is 0. The lowest BCUT2D eigenvalue weighted by Crippen LogP contribution is -2.53. The van der Waals surface area contributed by atoms with Crippen LogP contribution in [0.1, 0.15) is 19.3 Å². The Hall–Kier alpha value is -1.18. The molecule has 0 spiro atoms. The van der Waals surface area contributed by atoms with E-state index < -0.39 is 23.5 Å². The number of carboxylic acid groups (broad SMARTS) is 1. The molecule has 19 heavy (non-hydrogen) atoms. The van der Waals surface area contributed by atoms with Crippen LogP contribution >= 0.6 is 0 Å². The van der Waals surface area contributed by atoms with E-state index in [-0.39, 0.29) is 25.4 Å². The zero-order valence-corrected chi connectivity index (χ0v) is 10.7. The summed E-state index contributed by atoms with van der Waals surface area (Å²) < 4.78 is 5.24. The van der Waals surface area contributed by atoms with E-state index in [2.05, 4.69) is 0 Å². The number of nitrogens with zero attached hydrogens (tertiary/aromatic N) is 1. The van der Waals surface area contributed by atoms with Crippen molar-refractivity contribution in [1.29, 1.82) is 0 Å². The van der Waals surface area contributed by atoms with Crippen molar-refractivity contribution in [3.8, 4) is 0 Å². The van der Waals surface area contributed by atoms with Crippen molar-refractivity contribution in [3.63, 3.8) is 0 Å². The molecule has 0 radical (unpaired) electrons. The summed E-state index contributed by atoms with van der Waals surface area (Å²) in [6.07, 6.45) is 0.306. The number of hydrogen-bond acceptors (Lipinski definition) is 5. The lowest BCUT2D eigenvalue weighted by molar-refractivity contribution is -0.156. The highest BCUT2D eigenvalue weighted by atomic mass is 16.5. The quantitative estimate of drug-likeness (QED) is 0.594. The van der Waals surface area contributed by atoms with E-state index in [0.29, 0.717) is 26.1 Å². The highest BCUT2D eigenvalue weighted by Crippen LogP contribution is 2.34. The van der Waals surface area contributed by atoms with Crippen LogP contribution in [-0.4, -0.2) is 65.4 Å². The number of ether oxygens (including phenoxy) is 1. The van der Waals surface area contributed by atoms with Gasteiger partial charge in [-0.2, -0.15) is 0 Å². The summed E-state index contributed by atoms with van der Waals surface area (Å²) in [5.41, 5.74) is 5.01. The maximum absolute atomic E-state index is 12.6. The van der Waals surface area contributed by atoms with Crippen LogP contribution in [0.25, 0.3) is 0 Å². The average molecular weight is 272 g/mol. The third-order valence-electron chi connectivity index (χ3n) is 4.12. The van der Waals surface area contributed by atoms with Crippen LogP contribution in [0.15, 0.2) is 0 Å². The first-order chi connectivity index (χ1) is 9.00. The van der Waals surface area contributed by atoms with Gasteiger partial charge in [-0.15, -0.1) is 0 Å². The van der Waals surface area contributed by atoms with E-state index in [1.807, 2.05) is 0 Å². The molecule has 0 aromatic rings. The topological polar surface area (TPSA) is 113 Å². The minimum atomic E-state index is -1.08. The third-order valence-corrected chi connectivity index (χ3v) is 4.12. The van der Waals surface area contributed by atoms with Crippen molar-refractivity contribution in [2.24, 2.45) is 11.1 Å². The van der Waals surface area contributed by atoms with Crippen LogP contribution in [0.3, 0.4) is 0 Å². The maximum Gasteiger partial charge on any atom is 0.326 e. The second-order valence-electron chi connectivity index (χ2n) is 5.30. The van der Waals surface area contributed by atoms with E-state index in [4.69, 9.17) is 15.6 Å². The molecule has 7 heteroatoms. The van der Waals surface area contributed by atoms with Crippen LogP contribution in [0, 0.1) is 5.41 Å². The smallest absolute Gasteiger partial charge is 0.326 e. The number of aliphatic hydroxyl groups is 1. The molecule has 2 atom stereocenters. The number of amides is 1. The summed E-state index contributed by atoms with van der Waals surface area (Å²) in [5, 5.41) is 18.8. The fourth-order valence-electron chi connectivity index (χ4n) is 2.84. The van der Waals surface area contributed by atoms with Gasteiger partial charge in [0.2, 0.25) is 5.91 Å². The number of nitrogens with two attached hydrogens (primary N) is 1. The summed E-state index contributed by atoms with van der Waals surface area (Å²) in [5.74, 6) is -1.34. The van der Waals surface area contributed by atoms with Crippen LogP contribution in [0.4, 0.5) is 0 Å². The minimum absolute atomic E-state index is 0.0679. The molecule has 2 fully saturated rings. The first-order valence-electron chi connectivity index (χ1n) is 6.50. The monoisotopic (exact) mass is 272 g/mol. The van der Waals surface area contributed by atoms with Gasteiger partial charge < -0.3 is 25.6 Å². The maximum atomic E-state index is 12.6. The molecule has 7 nitrogen and oxygen atoms in total. The van der Waals surface area contributed by atoms with Crippen molar-refractivity contribution < 1.29 is 24.5 Å². The average Bonchev–Trinajstić information content (AvgIpc) is 2.81. The third kappa shape index (κ3) is 2.58. The molecule has 0 aromatic heterocycles. The zero-order valence-electron chi connectivity index (χ0n) is 10.7. The number of rotatable bonds is 3. The number of β-amino-alcohol motifs (C(OH)–C–C–N with tert-alkyl or cyclic N) is 1. The SMILES string of the molecule is NCC1(C(=O)N2C[C@H](O)C[C@@H]2C(=O)O)CCOCC1. The van der Waals surface area contributed by atoms with Gasteiger partial charge in [0, 0.05) is 32.7 Å². The van der Waals surface area contributed by atoms with E-state index in [1.54, 1.807) is 0 Å². The van der Waals surface area contributed by atoms with Gasteiger partial charge in [-0.1, -0.05) is 0 Å². The summed E-state index contributed by atoms with van der Waals surface area (Å²) >= 11 is 0. The second-order valence-corrected chi connectivity index (χ2v) is 5.30. The number of carboxylic acids is 1. The van der Waals surface area contributed by atoms with Gasteiger partial charge in [0.05, 0.1) is 11.5 Å². The number of hydrogen-bond donors (Lipinski definition) is 3. The molecule has 0 aromatic carbocycles. The van der Waals surface area contributed by atoms with Gasteiger partial charge in [0.15, 0.2) is 0 Å². The Bertz CT molecular complexity index is 367. The Morgan fingerprint density at radius 2 is 2.00 bits per heavy atom. The van der Waals surface area contributed by atoms with E-state index in [9.17, 15) is 14.7 Å². The fourth-order valence-corrected chi connectivity index (χ4v) is 2.84. The number of likely N-dealkylation sites (tertiary alicyclic amines) is 1. The van der Waals surface area contributed by atoms with Gasteiger partial charge in [-0.05, 0) is 12.8 Å². The molecule has 2 aliphatic heterocycles. The predicted molar refractivity (Wildman–Crippen MR) is 65.3 cm³/mol. The van der Waals surface area contributed by atoms with Crippen LogP contribution < -0.4 is 5.73 Å². The van der Waals surface area contributed by atoms with Crippen molar-refractivity contribution >= 4 is 11.9 Å². The molecule has 0 saturated carbocycles. The Balaban J connectivity index is 2.19. The summed E-state index contributed by atoms with van der Waals surface area (Å²) in [4.78, 5) is 25.1. The van der Waals surface area contributed by atoms with Gasteiger partial charge in [0.1, 0.15) is 6.04 Å². The van der Waals surface area contributed by atoms with Crippen molar-refractivity contribution in [1.82, 2.24) is 4.90 Å². The summed E-state index contributed by atoms with van der Waals surface area (Å²) in [6.45, 7) is 1.15. The van der Waals surface area contributed by atoms with Gasteiger partial charge >= 0.3 is 5.97 Å². The molecule has 108 valence electrons. The van der Waals surface area contributed by atoms with Crippen LogP contribution in [-0.2, 0) is 14.3 Å². The summed E-state index contributed by atoms with van der Waals surface area (Å²) in [6, 6.07) is -0.950. The molecule has 0 bridgehead atoms. The van der Waals surface area contributed by atoms with Gasteiger partial charge in [0.25, 0.3) is 0 Å². The molecule has 2 saturated heterocycles. The fraction of sp³-hybridized carbons (Fsp3) is 0.833. The van der Waals surface area contributed by atoms with Crippen LogP contribution in [0.2, 0.25) is 0 Å². The first kappa shape index (κ1) is 14.2. The predicted octanol–water partition coefficient (Wildman–Crippen LogP) is -1.21. The Morgan fingerprint density at radius 3 is 2.53 bits per heavy atom. The molecule has 1 amide bonds. The molecular formula is C12H20N2O5. The molecular weight excluding hydrogens is 252 g/mol. The van der Waals surface area contributed by atoms with E-state index in [1.165, 1.54) is 4.90 Å². The number of aliphatic hydroxyl groups excluding tert-OH is 1. The standard InChI is InChI=1S/C12H20N2O5/c13-7-12(1-3-19-4-2-12)11(18)14-6-8(15)5-9(14)10(16)17/h8-9,15H,1-7,13H2,(H,16,17)/t8-,9-/m1/s1. The normalized spacial score (nSPS) is 30.3. The Labute approximate surface area is 111 Å². The Morgan fingerprint density at radius 1 is 1.37 bits per heavy atom. The molecule has 0 unspecified atom stereocenters. The molecule has 2 heterocycles. The van der Waals surface area contributed by atoms with Crippen LogP contribution in [0.5, 0.6) is 0 Å². The highest BCUT2D eigenvalue weighted by Gasteiger charge is 2.47. The molecule has 2 aliphatic rings. The second kappa shape index (κ2) is 5.44. The number of aliphatic carboxylic acids is 1. The van der Waals surface area contributed by atoms with E-state index in [0.717, 1.165) is 0 Å². The lowest BCUT2D eigenvalue weighted by atomic mass is 9.78. The van der Waals surface area contributed by atoms with E-state index >= 15 is 0 Å². The molecule has 0 aliphatic carbocycles. The number of carbonyl (C=O) groups is 2. The minimum Gasteiger partial charge on any atom is -0.480 e.